The minimum atomic E-state index is -0.602. The van der Waals surface area contributed by atoms with Gasteiger partial charge >= 0.3 is 5.97 Å². The number of carbonyl (C=O) groups is 3. The van der Waals surface area contributed by atoms with Crippen molar-refractivity contribution < 1.29 is 28.7 Å². The number of rotatable bonds is 4. The molecule has 1 aromatic carbocycles. The number of aryl methyl sites for hydroxylation is 1. The minimum Gasteiger partial charge on any atom is -0.448 e. The van der Waals surface area contributed by atoms with Crippen LogP contribution < -0.4 is 9.47 Å². The molecule has 3 aliphatic rings. The predicted molar refractivity (Wildman–Crippen MR) is 89.0 cm³/mol. The van der Waals surface area contributed by atoms with Crippen molar-refractivity contribution in [3.63, 3.8) is 0 Å². The van der Waals surface area contributed by atoms with Gasteiger partial charge in [0, 0.05) is 25.7 Å². The maximum absolute atomic E-state index is 11.9. The Hall–Kier alpha value is -2.57. The average molecular weight is 359 g/mol. The fourth-order valence-electron chi connectivity index (χ4n) is 3.64. The predicted octanol–water partition coefficient (Wildman–Crippen LogP) is 2.66. The summed E-state index contributed by atoms with van der Waals surface area (Å²) < 4.78 is 12.1. The molecule has 0 bridgehead atoms. The van der Waals surface area contributed by atoms with E-state index in [1.807, 2.05) is 18.2 Å². The summed E-state index contributed by atoms with van der Waals surface area (Å²) in [6, 6.07) is 5.65. The van der Waals surface area contributed by atoms with Crippen molar-refractivity contribution in [3.8, 4) is 11.5 Å². The van der Waals surface area contributed by atoms with Gasteiger partial charge in [0.25, 0.3) is 17.6 Å². The number of benzene rings is 1. The van der Waals surface area contributed by atoms with Gasteiger partial charge < -0.3 is 14.3 Å². The van der Waals surface area contributed by atoms with E-state index in [-0.39, 0.29) is 19.3 Å². The van der Waals surface area contributed by atoms with Crippen LogP contribution in [0.25, 0.3) is 0 Å². The second kappa shape index (κ2) is 6.63. The van der Waals surface area contributed by atoms with Crippen LogP contribution in [0.4, 0.5) is 0 Å². The topological polar surface area (TPSA) is 82.1 Å². The van der Waals surface area contributed by atoms with E-state index in [2.05, 4.69) is 0 Å². The molecule has 1 saturated carbocycles. The van der Waals surface area contributed by atoms with E-state index in [9.17, 15) is 14.4 Å². The van der Waals surface area contributed by atoms with Crippen LogP contribution in [0.5, 0.6) is 11.5 Å². The van der Waals surface area contributed by atoms with Gasteiger partial charge in [-0.25, -0.2) is 4.79 Å². The van der Waals surface area contributed by atoms with E-state index in [4.69, 9.17) is 14.3 Å². The van der Waals surface area contributed by atoms with E-state index < -0.39 is 23.6 Å². The number of hydrogen-bond acceptors (Lipinski definition) is 6. The quantitative estimate of drug-likeness (QED) is 0.769. The van der Waals surface area contributed by atoms with Gasteiger partial charge in [-0.05, 0) is 37.0 Å². The first kappa shape index (κ1) is 16.9. The molecule has 0 aromatic heterocycles. The minimum absolute atomic E-state index is 0.0713. The number of hydrogen-bond donors (Lipinski definition) is 0. The molecular formula is C19H21NO6. The number of ether oxygens (including phenoxy) is 2. The van der Waals surface area contributed by atoms with Crippen molar-refractivity contribution in [2.75, 3.05) is 0 Å². The molecule has 2 aliphatic heterocycles. The van der Waals surface area contributed by atoms with Crippen LogP contribution in [-0.4, -0.2) is 28.6 Å². The Balaban J connectivity index is 1.34. The van der Waals surface area contributed by atoms with Gasteiger partial charge in [-0.1, -0.05) is 12.5 Å². The van der Waals surface area contributed by atoms with Crippen LogP contribution in [0.15, 0.2) is 18.2 Å². The zero-order chi connectivity index (χ0) is 18.1. The number of fused-ring (bicyclic) bond motifs is 1. The van der Waals surface area contributed by atoms with Crippen molar-refractivity contribution in [2.24, 2.45) is 0 Å². The fourth-order valence-corrected chi connectivity index (χ4v) is 3.64. The second-order valence-electron chi connectivity index (χ2n) is 7.00. The molecule has 1 saturated heterocycles. The summed E-state index contributed by atoms with van der Waals surface area (Å²) in [5.74, 6) is -0.605. The number of imide groups is 1. The lowest BCUT2D eigenvalue weighted by Crippen LogP contribution is -2.40. The summed E-state index contributed by atoms with van der Waals surface area (Å²) in [5.41, 5.74) is 0.913. The van der Waals surface area contributed by atoms with Gasteiger partial charge in [-0.2, -0.15) is 0 Å². The Labute approximate surface area is 151 Å². The van der Waals surface area contributed by atoms with Crippen LogP contribution in [0.3, 0.4) is 0 Å². The molecule has 1 spiro atoms. The van der Waals surface area contributed by atoms with Crippen molar-refractivity contribution in [3.05, 3.63) is 23.8 Å². The van der Waals surface area contributed by atoms with E-state index in [1.165, 1.54) is 6.42 Å². The normalized spacial score (nSPS) is 20.7. The summed E-state index contributed by atoms with van der Waals surface area (Å²) in [7, 11) is 0. The lowest BCUT2D eigenvalue weighted by molar-refractivity contribution is -0.197. The molecule has 0 radical (unpaired) electrons. The highest BCUT2D eigenvalue weighted by atomic mass is 16.7. The molecule has 2 heterocycles. The molecule has 1 aromatic rings. The smallest absolute Gasteiger partial charge is 0.333 e. The summed E-state index contributed by atoms with van der Waals surface area (Å²) in [4.78, 5) is 39.7. The molecule has 7 heteroatoms. The molecule has 0 unspecified atom stereocenters. The van der Waals surface area contributed by atoms with Gasteiger partial charge in [-0.15, -0.1) is 5.06 Å². The van der Waals surface area contributed by atoms with Crippen LogP contribution in [0.2, 0.25) is 0 Å². The Bertz CT molecular complexity index is 736. The zero-order valence-electron chi connectivity index (χ0n) is 14.5. The van der Waals surface area contributed by atoms with Crippen molar-refractivity contribution in [1.29, 1.82) is 0 Å². The van der Waals surface area contributed by atoms with Crippen LogP contribution >= 0.6 is 0 Å². The maximum atomic E-state index is 11.9. The first-order valence-electron chi connectivity index (χ1n) is 9.12. The van der Waals surface area contributed by atoms with Gasteiger partial charge in [0.15, 0.2) is 11.5 Å². The highest BCUT2D eigenvalue weighted by Gasteiger charge is 2.42. The molecule has 26 heavy (non-hydrogen) atoms. The molecule has 138 valence electrons. The monoisotopic (exact) mass is 359 g/mol. The Morgan fingerprint density at radius 1 is 1.04 bits per heavy atom. The van der Waals surface area contributed by atoms with Crippen LogP contribution in [0.1, 0.15) is 56.9 Å². The zero-order valence-corrected chi connectivity index (χ0v) is 14.5. The average Bonchev–Trinajstić information content (AvgIpc) is 3.14. The van der Waals surface area contributed by atoms with Crippen molar-refractivity contribution in [1.82, 2.24) is 5.06 Å². The molecule has 4 rings (SSSR count). The Morgan fingerprint density at radius 3 is 2.46 bits per heavy atom. The van der Waals surface area contributed by atoms with E-state index >= 15 is 0 Å². The molecule has 7 nitrogen and oxygen atoms in total. The van der Waals surface area contributed by atoms with Gasteiger partial charge in [0.05, 0.1) is 6.42 Å². The number of amides is 2. The summed E-state index contributed by atoms with van der Waals surface area (Å²) in [5, 5.41) is 0.578. The molecule has 0 N–H and O–H groups in total. The Kier molecular flexibility index (Phi) is 4.30. The number of carbonyl (C=O) groups excluding carboxylic acids is 3. The first-order valence-corrected chi connectivity index (χ1v) is 9.12. The van der Waals surface area contributed by atoms with Crippen molar-refractivity contribution >= 4 is 17.8 Å². The van der Waals surface area contributed by atoms with E-state index in [0.717, 1.165) is 37.0 Å². The molecular weight excluding hydrogens is 338 g/mol. The standard InChI is InChI=1S/C19H21NO6/c21-16-7-8-17(22)20(16)26-18(23)9-5-13-4-6-14-15(12-13)25-19(24-14)10-2-1-3-11-19/h4,6,12H,1-3,5,7-11H2. The van der Waals surface area contributed by atoms with Gasteiger partial charge in [0.1, 0.15) is 0 Å². The third-order valence-electron chi connectivity index (χ3n) is 5.03. The van der Waals surface area contributed by atoms with Crippen molar-refractivity contribution in [2.45, 2.75) is 63.6 Å². The van der Waals surface area contributed by atoms with E-state index in [0.29, 0.717) is 17.2 Å². The molecule has 2 fully saturated rings. The van der Waals surface area contributed by atoms with Gasteiger partial charge in [-0.3, -0.25) is 9.59 Å². The third kappa shape index (κ3) is 3.25. The second-order valence-corrected chi connectivity index (χ2v) is 7.00. The summed E-state index contributed by atoms with van der Waals surface area (Å²) >= 11 is 0. The largest absolute Gasteiger partial charge is 0.448 e. The fraction of sp³-hybridized carbons (Fsp3) is 0.526. The molecule has 0 atom stereocenters. The van der Waals surface area contributed by atoms with Crippen LogP contribution in [-0.2, 0) is 25.6 Å². The lowest BCUT2D eigenvalue weighted by atomic mass is 9.94. The van der Waals surface area contributed by atoms with Crippen LogP contribution in [0, 0.1) is 0 Å². The Morgan fingerprint density at radius 2 is 1.73 bits per heavy atom. The number of hydroxylamine groups is 2. The highest BCUT2D eigenvalue weighted by Crippen LogP contribution is 2.45. The maximum Gasteiger partial charge on any atom is 0.333 e. The molecule has 2 amide bonds. The third-order valence-corrected chi connectivity index (χ3v) is 5.03. The van der Waals surface area contributed by atoms with E-state index in [1.54, 1.807) is 0 Å². The summed E-state index contributed by atoms with van der Waals surface area (Å²) in [6.45, 7) is 0. The highest BCUT2D eigenvalue weighted by molar-refractivity contribution is 6.01. The SMILES string of the molecule is O=C(CCc1ccc2c(c1)OC1(CCCCC1)O2)ON1C(=O)CCC1=O. The number of nitrogens with zero attached hydrogens (tertiary/aromatic N) is 1. The summed E-state index contributed by atoms with van der Waals surface area (Å²) in [6.07, 6.45) is 5.87. The van der Waals surface area contributed by atoms with Gasteiger partial charge in [0.2, 0.25) is 0 Å². The first-order chi connectivity index (χ1) is 12.5. The molecule has 1 aliphatic carbocycles. The lowest BCUT2D eigenvalue weighted by Gasteiger charge is -2.31.